The number of hydrogen-bond acceptors (Lipinski definition) is 3. The van der Waals surface area contributed by atoms with Crippen molar-refractivity contribution in [3.63, 3.8) is 0 Å². The van der Waals surface area contributed by atoms with Gasteiger partial charge in [-0.1, -0.05) is 26.7 Å². The summed E-state index contributed by atoms with van der Waals surface area (Å²) in [6, 6.07) is 0. The van der Waals surface area contributed by atoms with E-state index in [4.69, 9.17) is 9.47 Å². The molecule has 2 aliphatic carbocycles. The second kappa shape index (κ2) is 6.44. The van der Waals surface area contributed by atoms with E-state index in [-0.39, 0.29) is 12.2 Å². The number of hydrogen-bond donors (Lipinski definition) is 0. The maximum absolute atomic E-state index is 11.8. The van der Waals surface area contributed by atoms with Gasteiger partial charge in [0.05, 0.1) is 0 Å². The fourth-order valence-corrected chi connectivity index (χ4v) is 3.19. The summed E-state index contributed by atoms with van der Waals surface area (Å²) in [7, 11) is 0. The van der Waals surface area contributed by atoms with Gasteiger partial charge in [-0.3, -0.25) is 0 Å². The van der Waals surface area contributed by atoms with E-state index in [1.165, 1.54) is 25.7 Å². The smallest absolute Gasteiger partial charge is 0.431 e. The predicted molar refractivity (Wildman–Crippen MR) is 70.4 cm³/mol. The molecule has 2 rings (SSSR count). The molecule has 0 bridgehead atoms. The van der Waals surface area contributed by atoms with Crippen LogP contribution in [0.3, 0.4) is 0 Å². The second-order valence-corrected chi connectivity index (χ2v) is 6.09. The SMILES string of the molecule is CC1CCCCC1OC(=O)OC1CCCCC1C. The van der Waals surface area contributed by atoms with E-state index >= 15 is 0 Å². The van der Waals surface area contributed by atoms with Gasteiger partial charge in [-0.25, -0.2) is 4.79 Å². The highest BCUT2D eigenvalue weighted by Crippen LogP contribution is 2.29. The maximum Gasteiger partial charge on any atom is 0.508 e. The first-order valence-corrected chi connectivity index (χ1v) is 7.54. The normalized spacial score (nSPS) is 37.0. The second-order valence-electron chi connectivity index (χ2n) is 6.09. The minimum Gasteiger partial charge on any atom is -0.431 e. The third-order valence-corrected chi connectivity index (χ3v) is 4.56. The number of carbonyl (C=O) groups excluding carboxylic acids is 1. The Morgan fingerprint density at radius 1 is 0.778 bits per heavy atom. The van der Waals surface area contributed by atoms with E-state index < -0.39 is 6.16 Å². The average Bonchev–Trinajstić information content (AvgIpc) is 2.35. The van der Waals surface area contributed by atoms with Crippen molar-refractivity contribution in [2.45, 2.75) is 77.4 Å². The Morgan fingerprint density at radius 2 is 1.17 bits per heavy atom. The van der Waals surface area contributed by atoms with Gasteiger partial charge < -0.3 is 9.47 Å². The fraction of sp³-hybridized carbons (Fsp3) is 0.933. The molecule has 4 unspecified atom stereocenters. The zero-order chi connectivity index (χ0) is 13.0. The first-order chi connectivity index (χ1) is 8.66. The van der Waals surface area contributed by atoms with Crippen LogP contribution in [0.2, 0.25) is 0 Å². The lowest BCUT2D eigenvalue weighted by Gasteiger charge is -2.31. The largest absolute Gasteiger partial charge is 0.508 e. The van der Waals surface area contributed by atoms with Crippen LogP contribution in [-0.2, 0) is 9.47 Å². The molecule has 104 valence electrons. The standard InChI is InChI=1S/C15H26O3/c1-11-7-3-5-9-13(11)17-15(16)18-14-10-6-4-8-12(14)2/h11-14H,3-10H2,1-2H3. The molecule has 0 radical (unpaired) electrons. The van der Waals surface area contributed by atoms with Crippen molar-refractivity contribution in [3.8, 4) is 0 Å². The van der Waals surface area contributed by atoms with Gasteiger partial charge in [0.2, 0.25) is 0 Å². The first-order valence-electron chi connectivity index (χ1n) is 7.54. The summed E-state index contributed by atoms with van der Waals surface area (Å²) in [5.74, 6) is 0.963. The summed E-state index contributed by atoms with van der Waals surface area (Å²) < 4.78 is 11.0. The van der Waals surface area contributed by atoms with E-state index in [1.54, 1.807) is 0 Å². The minimum atomic E-state index is -0.437. The van der Waals surface area contributed by atoms with Gasteiger partial charge in [0.15, 0.2) is 0 Å². The van der Waals surface area contributed by atoms with E-state index in [2.05, 4.69) is 13.8 Å². The highest BCUT2D eigenvalue weighted by molar-refractivity contribution is 5.60. The van der Waals surface area contributed by atoms with Crippen molar-refractivity contribution >= 4 is 6.16 Å². The maximum atomic E-state index is 11.8. The lowest BCUT2D eigenvalue weighted by atomic mass is 9.88. The molecule has 0 amide bonds. The molecular weight excluding hydrogens is 228 g/mol. The van der Waals surface area contributed by atoms with Crippen LogP contribution in [0, 0.1) is 11.8 Å². The fourth-order valence-electron chi connectivity index (χ4n) is 3.19. The third kappa shape index (κ3) is 3.63. The Kier molecular flexibility index (Phi) is 4.90. The number of carbonyl (C=O) groups is 1. The Hall–Kier alpha value is -0.730. The lowest BCUT2D eigenvalue weighted by molar-refractivity contribution is -0.0445. The Labute approximate surface area is 110 Å². The van der Waals surface area contributed by atoms with E-state index in [9.17, 15) is 4.79 Å². The Balaban J connectivity index is 1.77. The minimum absolute atomic E-state index is 0.0742. The molecule has 4 atom stereocenters. The summed E-state index contributed by atoms with van der Waals surface area (Å²) >= 11 is 0. The number of ether oxygens (including phenoxy) is 2. The third-order valence-electron chi connectivity index (χ3n) is 4.56. The van der Waals surface area contributed by atoms with Gasteiger partial charge in [0.25, 0.3) is 0 Å². The van der Waals surface area contributed by atoms with Crippen LogP contribution < -0.4 is 0 Å². The topological polar surface area (TPSA) is 35.5 Å². The Bertz CT molecular complexity index is 251. The average molecular weight is 254 g/mol. The van der Waals surface area contributed by atoms with Gasteiger partial charge in [0, 0.05) is 0 Å². The quantitative estimate of drug-likeness (QED) is 0.689. The van der Waals surface area contributed by atoms with E-state index in [1.807, 2.05) is 0 Å². The van der Waals surface area contributed by atoms with Crippen LogP contribution in [0.5, 0.6) is 0 Å². The van der Waals surface area contributed by atoms with E-state index in [0.29, 0.717) is 11.8 Å². The molecule has 2 aliphatic rings. The molecule has 0 aromatic rings. The summed E-state index contributed by atoms with van der Waals surface area (Å²) in [6.07, 6.45) is 8.89. The Morgan fingerprint density at radius 3 is 1.56 bits per heavy atom. The van der Waals surface area contributed by atoms with Crippen LogP contribution in [0.4, 0.5) is 4.79 Å². The molecule has 0 spiro atoms. The zero-order valence-corrected chi connectivity index (χ0v) is 11.7. The molecular formula is C15H26O3. The predicted octanol–water partition coefficient (Wildman–Crippen LogP) is 4.30. The van der Waals surface area contributed by atoms with E-state index in [0.717, 1.165) is 25.7 Å². The molecule has 3 heteroatoms. The molecule has 2 saturated carbocycles. The molecule has 0 saturated heterocycles. The van der Waals surface area contributed by atoms with Crippen LogP contribution >= 0.6 is 0 Å². The van der Waals surface area contributed by atoms with Gasteiger partial charge >= 0.3 is 6.16 Å². The van der Waals surface area contributed by atoms with Crippen molar-refractivity contribution in [1.29, 1.82) is 0 Å². The van der Waals surface area contributed by atoms with Crippen molar-refractivity contribution in [2.24, 2.45) is 11.8 Å². The molecule has 0 aromatic carbocycles. The van der Waals surface area contributed by atoms with Crippen molar-refractivity contribution in [1.82, 2.24) is 0 Å². The molecule has 0 heterocycles. The zero-order valence-electron chi connectivity index (χ0n) is 11.7. The molecule has 0 N–H and O–H groups in total. The molecule has 0 aromatic heterocycles. The molecule has 3 nitrogen and oxygen atoms in total. The lowest BCUT2D eigenvalue weighted by Crippen LogP contribution is -2.33. The monoisotopic (exact) mass is 254 g/mol. The van der Waals surface area contributed by atoms with Crippen LogP contribution in [0.1, 0.15) is 65.2 Å². The van der Waals surface area contributed by atoms with Crippen molar-refractivity contribution in [3.05, 3.63) is 0 Å². The van der Waals surface area contributed by atoms with Crippen LogP contribution in [0.25, 0.3) is 0 Å². The van der Waals surface area contributed by atoms with Crippen LogP contribution in [-0.4, -0.2) is 18.4 Å². The van der Waals surface area contributed by atoms with Gasteiger partial charge in [-0.15, -0.1) is 0 Å². The summed E-state index contributed by atoms with van der Waals surface area (Å²) in [5.41, 5.74) is 0. The number of rotatable bonds is 2. The first kappa shape index (κ1) is 13.7. The van der Waals surface area contributed by atoms with Gasteiger partial charge in [0.1, 0.15) is 12.2 Å². The van der Waals surface area contributed by atoms with Crippen molar-refractivity contribution in [2.75, 3.05) is 0 Å². The van der Waals surface area contributed by atoms with Gasteiger partial charge in [-0.2, -0.15) is 0 Å². The van der Waals surface area contributed by atoms with Gasteiger partial charge in [-0.05, 0) is 50.4 Å². The summed E-state index contributed by atoms with van der Waals surface area (Å²) in [4.78, 5) is 11.8. The highest BCUT2D eigenvalue weighted by atomic mass is 16.7. The molecule has 18 heavy (non-hydrogen) atoms. The summed E-state index contributed by atoms with van der Waals surface area (Å²) in [6.45, 7) is 4.33. The highest BCUT2D eigenvalue weighted by Gasteiger charge is 2.29. The molecule has 2 fully saturated rings. The molecule has 0 aliphatic heterocycles. The van der Waals surface area contributed by atoms with Crippen LogP contribution in [0.15, 0.2) is 0 Å². The van der Waals surface area contributed by atoms with Crippen molar-refractivity contribution < 1.29 is 14.3 Å². The summed E-state index contributed by atoms with van der Waals surface area (Å²) in [5, 5.41) is 0.